The molecule has 100 valence electrons. The molecule has 1 aromatic heterocycles. The first-order valence-corrected chi connectivity index (χ1v) is 6.12. The minimum absolute atomic E-state index is 0.00930. The summed E-state index contributed by atoms with van der Waals surface area (Å²) < 4.78 is 4.88. The number of nitrogens with zero attached hydrogens (tertiary/aromatic N) is 1. The van der Waals surface area contributed by atoms with Gasteiger partial charge in [-0.2, -0.15) is 0 Å². The van der Waals surface area contributed by atoms with E-state index in [0.29, 0.717) is 11.6 Å². The Bertz CT molecular complexity index is 421. The summed E-state index contributed by atoms with van der Waals surface area (Å²) in [7, 11) is 1.55. The highest BCUT2D eigenvalue weighted by atomic mass is 32.1. The van der Waals surface area contributed by atoms with E-state index < -0.39 is 5.97 Å². The lowest BCUT2D eigenvalue weighted by Crippen LogP contribution is -2.42. The zero-order valence-electron chi connectivity index (χ0n) is 10.1. The van der Waals surface area contributed by atoms with Crippen molar-refractivity contribution in [1.29, 1.82) is 0 Å². The van der Waals surface area contributed by atoms with Crippen LogP contribution in [0.25, 0.3) is 0 Å². The number of hydrogen-bond donors (Lipinski definition) is 3. The largest absolute Gasteiger partial charge is 0.476 e. The number of urea groups is 1. The van der Waals surface area contributed by atoms with Gasteiger partial charge in [-0.15, -0.1) is 11.3 Å². The highest BCUT2D eigenvalue weighted by molar-refractivity contribution is 7.09. The van der Waals surface area contributed by atoms with Crippen LogP contribution < -0.4 is 10.6 Å². The van der Waals surface area contributed by atoms with E-state index in [1.807, 2.05) is 6.92 Å². The van der Waals surface area contributed by atoms with Crippen LogP contribution in [0.1, 0.15) is 22.4 Å². The summed E-state index contributed by atoms with van der Waals surface area (Å²) in [5.74, 6) is -1.07. The first-order valence-electron chi connectivity index (χ1n) is 5.24. The van der Waals surface area contributed by atoms with Gasteiger partial charge in [0.15, 0.2) is 5.69 Å². The van der Waals surface area contributed by atoms with E-state index in [0.717, 1.165) is 0 Å². The second-order valence-electron chi connectivity index (χ2n) is 3.62. The molecule has 2 amide bonds. The molecule has 1 rings (SSSR count). The summed E-state index contributed by atoms with van der Waals surface area (Å²) in [4.78, 5) is 25.9. The number of hydrogen-bond acceptors (Lipinski definition) is 5. The van der Waals surface area contributed by atoms with Gasteiger partial charge in [0.1, 0.15) is 5.01 Å². The molecule has 0 radical (unpaired) electrons. The number of rotatable bonds is 6. The van der Waals surface area contributed by atoms with Crippen molar-refractivity contribution in [3.05, 3.63) is 16.1 Å². The molecule has 1 unspecified atom stereocenters. The second kappa shape index (κ2) is 6.92. The fourth-order valence-corrected chi connectivity index (χ4v) is 1.92. The van der Waals surface area contributed by atoms with Gasteiger partial charge >= 0.3 is 12.0 Å². The lowest BCUT2D eigenvalue weighted by Gasteiger charge is -2.12. The van der Waals surface area contributed by atoms with Crippen LogP contribution in [-0.2, 0) is 11.3 Å². The standard InChI is InChI=1S/C10H15N3O4S/c1-6(4-17-2)12-10(16)11-3-8-13-7(5-18-8)9(14)15/h5-6H,3-4H2,1-2H3,(H,14,15)(H2,11,12,16). The van der Waals surface area contributed by atoms with Crippen LogP contribution >= 0.6 is 11.3 Å². The highest BCUT2D eigenvalue weighted by Gasteiger charge is 2.10. The van der Waals surface area contributed by atoms with Gasteiger partial charge in [-0.3, -0.25) is 0 Å². The SMILES string of the molecule is COCC(C)NC(=O)NCc1nc(C(=O)O)cs1. The third-order valence-electron chi connectivity index (χ3n) is 1.97. The van der Waals surface area contributed by atoms with Crippen molar-refractivity contribution in [1.82, 2.24) is 15.6 Å². The number of carboxylic acid groups (broad SMARTS) is 1. The number of carboxylic acids is 1. The second-order valence-corrected chi connectivity index (χ2v) is 4.56. The molecule has 0 aromatic carbocycles. The van der Waals surface area contributed by atoms with Crippen molar-refractivity contribution in [2.24, 2.45) is 0 Å². The number of carbonyl (C=O) groups is 2. The summed E-state index contributed by atoms with van der Waals surface area (Å²) >= 11 is 1.19. The number of amides is 2. The molecule has 0 saturated heterocycles. The zero-order chi connectivity index (χ0) is 13.5. The van der Waals surface area contributed by atoms with Gasteiger partial charge in [0, 0.05) is 12.5 Å². The molecular weight excluding hydrogens is 258 g/mol. The smallest absolute Gasteiger partial charge is 0.355 e. The molecule has 0 fully saturated rings. The van der Waals surface area contributed by atoms with Gasteiger partial charge in [-0.05, 0) is 6.92 Å². The average molecular weight is 273 g/mol. The monoisotopic (exact) mass is 273 g/mol. The first-order chi connectivity index (χ1) is 8.52. The number of methoxy groups -OCH3 is 1. The summed E-state index contributed by atoms with van der Waals surface area (Å²) in [5.41, 5.74) is -0.00930. The van der Waals surface area contributed by atoms with Crippen LogP contribution in [0.2, 0.25) is 0 Å². The van der Waals surface area contributed by atoms with Crippen molar-refractivity contribution < 1.29 is 19.4 Å². The quantitative estimate of drug-likeness (QED) is 0.707. The van der Waals surface area contributed by atoms with Gasteiger partial charge in [0.2, 0.25) is 0 Å². The number of thiazole rings is 1. The third kappa shape index (κ3) is 4.68. The van der Waals surface area contributed by atoms with Crippen molar-refractivity contribution in [3.8, 4) is 0 Å². The number of aromatic nitrogens is 1. The topological polar surface area (TPSA) is 101 Å². The molecule has 0 saturated carbocycles. The molecule has 1 atom stereocenters. The number of ether oxygens (including phenoxy) is 1. The predicted octanol–water partition coefficient (Wildman–Crippen LogP) is 0.675. The Labute approximate surface area is 108 Å². The van der Waals surface area contributed by atoms with E-state index in [9.17, 15) is 9.59 Å². The summed E-state index contributed by atoms with van der Waals surface area (Å²) in [5, 5.41) is 15.9. The van der Waals surface area contributed by atoms with Crippen molar-refractivity contribution in [3.63, 3.8) is 0 Å². The third-order valence-corrected chi connectivity index (χ3v) is 2.81. The minimum Gasteiger partial charge on any atom is -0.476 e. The van der Waals surface area contributed by atoms with Gasteiger partial charge in [0.05, 0.1) is 19.2 Å². The molecule has 1 heterocycles. The highest BCUT2D eigenvalue weighted by Crippen LogP contribution is 2.09. The Kier molecular flexibility index (Phi) is 5.53. The Morgan fingerprint density at radius 2 is 2.33 bits per heavy atom. The van der Waals surface area contributed by atoms with Crippen molar-refractivity contribution >= 4 is 23.3 Å². The van der Waals surface area contributed by atoms with Crippen molar-refractivity contribution in [2.45, 2.75) is 19.5 Å². The molecule has 7 nitrogen and oxygen atoms in total. The molecule has 0 aliphatic carbocycles. The van der Waals surface area contributed by atoms with E-state index in [1.54, 1.807) is 7.11 Å². The minimum atomic E-state index is -1.07. The molecule has 0 aliphatic heterocycles. The van der Waals surface area contributed by atoms with Crippen LogP contribution in [0.4, 0.5) is 4.79 Å². The maximum absolute atomic E-state index is 11.4. The van der Waals surface area contributed by atoms with E-state index >= 15 is 0 Å². The van der Waals surface area contributed by atoms with Gasteiger partial charge in [-0.25, -0.2) is 14.6 Å². The fourth-order valence-electron chi connectivity index (χ4n) is 1.21. The summed E-state index contributed by atoms with van der Waals surface area (Å²) in [6.07, 6.45) is 0. The average Bonchev–Trinajstić information content (AvgIpc) is 2.75. The van der Waals surface area contributed by atoms with Gasteiger partial charge in [0.25, 0.3) is 0 Å². The number of carbonyl (C=O) groups excluding carboxylic acids is 1. The maximum Gasteiger partial charge on any atom is 0.355 e. The Balaban J connectivity index is 2.35. The lowest BCUT2D eigenvalue weighted by molar-refractivity contribution is 0.0691. The van der Waals surface area contributed by atoms with E-state index in [4.69, 9.17) is 9.84 Å². The maximum atomic E-state index is 11.4. The number of nitrogens with one attached hydrogen (secondary N) is 2. The van der Waals surface area contributed by atoms with E-state index in [1.165, 1.54) is 16.7 Å². The summed E-state index contributed by atoms with van der Waals surface area (Å²) in [6.45, 7) is 2.44. The van der Waals surface area contributed by atoms with Crippen LogP contribution in [0.5, 0.6) is 0 Å². The molecular formula is C10H15N3O4S. The van der Waals surface area contributed by atoms with Crippen molar-refractivity contribution in [2.75, 3.05) is 13.7 Å². The molecule has 0 aliphatic rings. The predicted molar refractivity (Wildman–Crippen MR) is 65.8 cm³/mol. The molecule has 0 spiro atoms. The van der Waals surface area contributed by atoms with Gasteiger partial charge in [-0.1, -0.05) is 0 Å². The molecule has 18 heavy (non-hydrogen) atoms. The van der Waals surface area contributed by atoms with E-state index in [2.05, 4.69) is 15.6 Å². The van der Waals surface area contributed by atoms with Crippen LogP contribution in [-0.4, -0.2) is 41.8 Å². The Morgan fingerprint density at radius 3 is 2.89 bits per heavy atom. The first kappa shape index (κ1) is 14.4. The lowest BCUT2D eigenvalue weighted by atomic mass is 10.4. The molecule has 3 N–H and O–H groups in total. The summed E-state index contributed by atoms with van der Waals surface area (Å²) in [6, 6.07) is -0.437. The fraction of sp³-hybridized carbons (Fsp3) is 0.500. The molecule has 1 aromatic rings. The molecule has 8 heteroatoms. The van der Waals surface area contributed by atoms with E-state index in [-0.39, 0.29) is 24.3 Å². The van der Waals surface area contributed by atoms with Crippen LogP contribution in [0, 0.1) is 0 Å². The van der Waals surface area contributed by atoms with Crippen LogP contribution in [0.3, 0.4) is 0 Å². The normalized spacial score (nSPS) is 11.9. The molecule has 0 bridgehead atoms. The number of aromatic carboxylic acids is 1. The Morgan fingerprint density at radius 1 is 1.61 bits per heavy atom. The zero-order valence-corrected chi connectivity index (χ0v) is 10.9. The van der Waals surface area contributed by atoms with Gasteiger partial charge < -0.3 is 20.5 Å². The Hall–Kier alpha value is -1.67. The van der Waals surface area contributed by atoms with Crippen LogP contribution in [0.15, 0.2) is 5.38 Å².